The van der Waals surface area contributed by atoms with Gasteiger partial charge in [0.25, 0.3) is 0 Å². The summed E-state index contributed by atoms with van der Waals surface area (Å²) in [6, 6.07) is 5.96. The molecule has 2 atom stereocenters. The molecule has 0 amide bonds. The topological polar surface area (TPSA) is 87.5 Å². The molecule has 1 aromatic heterocycles. The average molecular weight is 381 g/mol. The van der Waals surface area contributed by atoms with Crippen LogP contribution in [-0.2, 0) is 17.8 Å². The van der Waals surface area contributed by atoms with Crippen LogP contribution in [0.5, 0.6) is 5.75 Å². The summed E-state index contributed by atoms with van der Waals surface area (Å²) < 4.78 is 5.70. The van der Waals surface area contributed by atoms with Crippen molar-refractivity contribution in [3.05, 3.63) is 34.9 Å². The van der Waals surface area contributed by atoms with E-state index in [0.717, 1.165) is 54.5 Å². The SMILES string of the molecule is Oc1cc(C2CC2)ccc1-c1nnc(N[C@@H]2CCCC[C@H]2O)c2c1CCOC2. The number of fused-ring (bicyclic) bond motifs is 1. The number of nitrogens with zero attached hydrogens (tertiary/aromatic N) is 2. The Morgan fingerprint density at radius 3 is 2.68 bits per heavy atom. The third-order valence-electron chi connectivity index (χ3n) is 6.31. The molecule has 2 saturated carbocycles. The molecule has 0 radical (unpaired) electrons. The predicted molar refractivity (Wildman–Crippen MR) is 106 cm³/mol. The molecule has 0 bridgehead atoms. The number of phenolic OH excluding ortho intramolecular Hbond substituents is 1. The Kier molecular flexibility index (Phi) is 4.69. The van der Waals surface area contributed by atoms with Crippen molar-refractivity contribution < 1.29 is 14.9 Å². The molecular formula is C22H27N3O3. The van der Waals surface area contributed by atoms with Gasteiger partial charge in [-0.1, -0.05) is 18.9 Å². The Bertz CT molecular complexity index is 882. The molecule has 2 heterocycles. The number of hydrogen-bond acceptors (Lipinski definition) is 6. The summed E-state index contributed by atoms with van der Waals surface area (Å²) in [6.45, 7) is 1.11. The van der Waals surface area contributed by atoms with Crippen molar-refractivity contribution in [1.82, 2.24) is 10.2 Å². The first-order valence-corrected chi connectivity index (χ1v) is 10.4. The third kappa shape index (κ3) is 3.35. The molecule has 0 unspecified atom stereocenters. The fourth-order valence-corrected chi connectivity index (χ4v) is 4.49. The van der Waals surface area contributed by atoms with Crippen molar-refractivity contribution in [3.63, 3.8) is 0 Å². The quantitative estimate of drug-likeness (QED) is 0.751. The smallest absolute Gasteiger partial charge is 0.154 e. The summed E-state index contributed by atoms with van der Waals surface area (Å²) in [5.74, 6) is 1.58. The van der Waals surface area contributed by atoms with Crippen LogP contribution in [0.2, 0.25) is 0 Å². The summed E-state index contributed by atoms with van der Waals surface area (Å²) in [4.78, 5) is 0. The number of hydrogen-bond donors (Lipinski definition) is 3. The lowest BCUT2D eigenvalue weighted by molar-refractivity contribution is 0.108. The van der Waals surface area contributed by atoms with Crippen LogP contribution in [0.4, 0.5) is 5.82 Å². The van der Waals surface area contributed by atoms with Gasteiger partial charge in [0, 0.05) is 11.1 Å². The van der Waals surface area contributed by atoms with Crippen LogP contribution in [0.3, 0.4) is 0 Å². The van der Waals surface area contributed by atoms with Gasteiger partial charge >= 0.3 is 0 Å². The second-order valence-electron chi connectivity index (χ2n) is 8.31. The van der Waals surface area contributed by atoms with Gasteiger partial charge in [0.15, 0.2) is 5.82 Å². The van der Waals surface area contributed by atoms with E-state index >= 15 is 0 Å². The number of anilines is 1. The first-order chi connectivity index (χ1) is 13.7. The maximum absolute atomic E-state index is 10.6. The summed E-state index contributed by atoms with van der Waals surface area (Å²) in [6.07, 6.45) is 6.74. The minimum absolute atomic E-state index is 0.00570. The highest BCUT2D eigenvalue weighted by molar-refractivity contribution is 5.73. The van der Waals surface area contributed by atoms with Gasteiger partial charge in [-0.2, -0.15) is 0 Å². The Labute approximate surface area is 165 Å². The normalized spacial score (nSPS) is 24.6. The van der Waals surface area contributed by atoms with Crippen LogP contribution in [0.1, 0.15) is 61.1 Å². The fraction of sp³-hybridized carbons (Fsp3) is 0.545. The van der Waals surface area contributed by atoms with Crippen LogP contribution in [-0.4, -0.2) is 39.2 Å². The molecule has 1 aromatic carbocycles. The number of aromatic hydroxyl groups is 1. The van der Waals surface area contributed by atoms with Gasteiger partial charge in [0.2, 0.25) is 0 Å². The van der Waals surface area contributed by atoms with Crippen molar-refractivity contribution in [2.45, 2.75) is 69.6 Å². The molecule has 0 spiro atoms. The number of aliphatic hydroxyl groups excluding tert-OH is 1. The summed E-state index contributed by atoms with van der Waals surface area (Å²) in [5, 5.41) is 33.3. The zero-order valence-corrected chi connectivity index (χ0v) is 16.0. The van der Waals surface area contributed by atoms with Crippen LogP contribution in [0.15, 0.2) is 18.2 Å². The Hall–Kier alpha value is -2.18. The maximum atomic E-state index is 10.6. The Balaban J connectivity index is 1.50. The number of ether oxygens (including phenoxy) is 1. The largest absolute Gasteiger partial charge is 0.507 e. The van der Waals surface area contributed by atoms with Crippen LogP contribution in [0, 0.1) is 0 Å². The average Bonchev–Trinajstić information content (AvgIpc) is 3.56. The molecule has 1 aliphatic heterocycles. The minimum Gasteiger partial charge on any atom is -0.507 e. The Morgan fingerprint density at radius 2 is 1.89 bits per heavy atom. The van der Waals surface area contributed by atoms with Gasteiger partial charge in [0.1, 0.15) is 11.4 Å². The predicted octanol–water partition coefficient (Wildman–Crippen LogP) is 3.51. The lowest BCUT2D eigenvalue weighted by Gasteiger charge is -2.30. The van der Waals surface area contributed by atoms with Gasteiger partial charge in [-0.3, -0.25) is 0 Å². The van der Waals surface area contributed by atoms with Crippen molar-refractivity contribution >= 4 is 5.82 Å². The minimum atomic E-state index is -0.352. The van der Waals surface area contributed by atoms with Crippen molar-refractivity contribution in [3.8, 4) is 17.0 Å². The van der Waals surface area contributed by atoms with Gasteiger partial charge < -0.3 is 20.3 Å². The lowest BCUT2D eigenvalue weighted by Crippen LogP contribution is -2.37. The van der Waals surface area contributed by atoms with E-state index in [9.17, 15) is 10.2 Å². The number of phenols is 1. The number of aliphatic hydroxyl groups is 1. The van der Waals surface area contributed by atoms with Gasteiger partial charge in [0.05, 0.1) is 25.4 Å². The van der Waals surface area contributed by atoms with Gasteiger partial charge in [-0.05, 0) is 61.3 Å². The summed E-state index contributed by atoms with van der Waals surface area (Å²) in [7, 11) is 0. The standard InChI is InChI=1S/C22H27N3O3/c26-19-4-2-1-3-18(19)23-22-17-12-28-10-9-15(17)21(24-25-22)16-8-7-14(11-20(16)27)13-5-6-13/h7-8,11,13,18-19,26-27H,1-6,9-10,12H2,(H,23,25)/t18-,19-/m1/s1. The molecule has 2 aliphatic carbocycles. The van der Waals surface area contributed by atoms with E-state index in [2.05, 4.69) is 21.6 Å². The third-order valence-corrected chi connectivity index (χ3v) is 6.31. The fourth-order valence-electron chi connectivity index (χ4n) is 4.49. The van der Waals surface area contributed by atoms with E-state index < -0.39 is 0 Å². The number of aromatic nitrogens is 2. The molecule has 3 N–H and O–H groups in total. The second-order valence-corrected chi connectivity index (χ2v) is 8.31. The molecule has 2 aromatic rings. The number of nitrogens with one attached hydrogen (secondary N) is 1. The van der Waals surface area contributed by atoms with E-state index in [1.165, 1.54) is 18.4 Å². The first-order valence-electron chi connectivity index (χ1n) is 10.4. The zero-order valence-electron chi connectivity index (χ0n) is 16.0. The summed E-state index contributed by atoms with van der Waals surface area (Å²) >= 11 is 0. The molecule has 5 rings (SSSR count). The zero-order chi connectivity index (χ0) is 19.1. The highest BCUT2D eigenvalue weighted by atomic mass is 16.5. The first kappa shape index (κ1) is 17.9. The number of benzene rings is 1. The van der Waals surface area contributed by atoms with Crippen LogP contribution < -0.4 is 5.32 Å². The monoisotopic (exact) mass is 381 g/mol. The Morgan fingerprint density at radius 1 is 1.04 bits per heavy atom. The lowest BCUT2D eigenvalue weighted by atomic mass is 9.92. The van der Waals surface area contributed by atoms with E-state index in [0.29, 0.717) is 24.9 Å². The summed E-state index contributed by atoms with van der Waals surface area (Å²) in [5.41, 5.74) is 4.77. The van der Waals surface area contributed by atoms with Crippen LogP contribution in [0.25, 0.3) is 11.3 Å². The molecule has 148 valence electrons. The van der Waals surface area contributed by atoms with E-state index in [1.807, 2.05) is 12.1 Å². The molecule has 6 heteroatoms. The molecule has 0 saturated heterocycles. The molecule has 2 fully saturated rings. The highest BCUT2D eigenvalue weighted by Gasteiger charge is 2.28. The molecule has 28 heavy (non-hydrogen) atoms. The van der Waals surface area contributed by atoms with Crippen LogP contribution >= 0.6 is 0 Å². The van der Waals surface area contributed by atoms with E-state index in [4.69, 9.17) is 4.74 Å². The van der Waals surface area contributed by atoms with E-state index in [1.54, 1.807) is 0 Å². The highest BCUT2D eigenvalue weighted by Crippen LogP contribution is 2.43. The number of rotatable bonds is 4. The van der Waals surface area contributed by atoms with Crippen molar-refractivity contribution in [1.29, 1.82) is 0 Å². The maximum Gasteiger partial charge on any atom is 0.154 e. The van der Waals surface area contributed by atoms with Gasteiger partial charge in [-0.25, -0.2) is 0 Å². The van der Waals surface area contributed by atoms with Gasteiger partial charge in [-0.15, -0.1) is 10.2 Å². The van der Waals surface area contributed by atoms with Crippen molar-refractivity contribution in [2.24, 2.45) is 0 Å². The molecular weight excluding hydrogens is 354 g/mol. The van der Waals surface area contributed by atoms with Crippen molar-refractivity contribution in [2.75, 3.05) is 11.9 Å². The second kappa shape index (κ2) is 7.33. The van der Waals surface area contributed by atoms with E-state index in [-0.39, 0.29) is 17.9 Å². The molecule has 3 aliphatic rings. The molecule has 6 nitrogen and oxygen atoms in total.